The van der Waals surface area contributed by atoms with E-state index in [4.69, 9.17) is 10.5 Å². The fourth-order valence-electron chi connectivity index (χ4n) is 4.40. The first-order chi connectivity index (χ1) is 15.7. The Balaban J connectivity index is 0.000000671. The van der Waals surface area contributed by atoms with Crippen LogP contribution >= 0.6 is 0 Å². The second-order valence-corrected chi connectivity index (χ2v) is 8.22. The second kappa shape index (κ2) is 14.5. The van der Waals surface area contributed by atoms with Gasteiger partial charge in [-0.2, -0.15) is 0 Å². The Kier molecular flexibility index (Phi) is 11.6. The lowest BCUT2D eigenvalue weighted by Crippen LogP contribution is -2.48. The molecule has 2 aliphatic heterocycles. The molecule has 0 atom stereocenters. The van der Waals surface area contributed by atoms with Crippen molar-refractivity contribution in [3.05, 3.63) is 60.2 Å². The van der Waals surface area contributed by atoms with Crippen LogP contribution < -0.4 is 16.4 Å². The Morgan fingerprint density at radius 3 is 1.94 bits per heavy atom. The number of anilines is 2. The average Bonchev–Trinajstić information content (AvgIpc) is 2.84. The first-order valence-electron chi connectivity index (χ1n) is 11.9. The van der Waals surface area contributed by atoms with Crippen LogP contribution in [0, 0.1) is 5.92 Å². The minimum atomic E-state index is 0.250. The summed E-state index contributed by atoms with van der Waals surface area (Å²) in [6.45, 7) is 13.5. The molecular formula is C26H41N5O. The summed E-state index contributed by atoms with van der Waals surface area (Å²) < 4.78 is 0. The van der Waals surface area contributed by atoms with Crippen LogP contribution in [-0.2, 0) is 11.3 Å². The number of amides is 1. The van der Waals surface area contributed by atoms with E-state index in [1.807, 2.05) is 26.0 Å². The fraction of sp³-hybridized carbons (Fsp3) is 0.500. The van der Waals surface area contributed by atoms with Gasteiger partial charge in [-0.05, 0) is 48.6 Å². The molecule has 4 rings (SSSR count). The van der Waals surface area contributed by atoms with Crippen LogP contribution in [0.4, 0.5) is 11.4 Å². The van der Waals surface area contributed by atoms with Crippen LogP contribution in [0.5, 0.6) is 0 Å². The van der Waals surface area contributed by atoms with Crippen molar-refractivity contribution in [2.24, 2.45) is 11.7 Å². The maximum atomic E-state index is 8.58. The van der Waals surface area contributed by atoms with Crippen molar-refractivity contribution in [3.63, 3.8) is 0 Å². The zero-order valence-corrected chi connectivity index (χ0v) is 19.8. The number of benzene rings is 2. The molecule has 6 heteroatoms. The Morgan fingerprint density at radius 2 is 1.38 bits per heavy atom. The lowest BCUT2D eigenvalue weighted by molar-refractivity contribution is -0.106. The van der Waals surface area contributed by atoms with Crippen molar-refractivity contribution < 1.29 is 4.79 Å². The zero-order valence-electron chi connectivity index (χ0n) is 19.8. The highest BCUT2D eigenvalue weighted by molar-refractivity contribution is 5.53. The number of nitrogens with zero attached hydrogens (tertiary/aromatic N) is 3. The summed E-state index contributed by atoms with van der Waals surface area (Å²) in [7, 11) is 0. The Hall–Kier alpha value is -2.57. The number of carbonyl (C=O) groups is 1. The maximum Gasteiger partial charge on any atom is 0.204 e. The Morgan fingerprint density at radius 1 is 0.844 bits per heavy atom. The minimum absolute atomic E-state index is 0.250. The van der Waals surface area contributed by atoms with E-state index in [1.165, 1.54) is 69.9 Å². The van der Waals surface area contributed by atoms with Gasteiger partial charge in [0.15, 0.2) is 0 Å². The number of nitrogens with two attached hydrogens (primary N) is 2. The molecule has 0 unspecified atom stereocenters. The number of nitrogen functional groups attached to an aromatic ring is 1. The van der Waals surface area contributed by atoms with Gasteiger partial charge >= 0.3 is 0 Å². The number of primary amides is 1. The van der Waals surface area contributed by atoms with Gasteiger partial charge in [-0.15, -0.1) is 0 Å². The first kappa shape index (κ1) is 25.7. The minimum Gasteiger partial charge on any atom is -0.399 e. The molecule has 2 aromatic rings. The SMILES string of the molecule is CC.NC=O.Nc1ccc(N2CCC(CN3CCN(Cc4ccccc4)CC3)CC2)cc1. The second-order valence-electron chi connectivity index (χ2n) is 8.22. The van der Waals surface area contributed by atoms with Crippen LogP contribution in [0.15, 0.2) is 54.6 Å². The van der Waals surface area contributed by atoms with E-state index in [2.05, 4.69) is 62.9 Å². The molecule has 2 heterocycles. The van der Waals surface area contributed by atoms with E-state index in [9.17, 15) is 0 Å². The van der Waals surface area contributed by atoms with Crippen molar-refractivity contribution in [1.82, 2.24) is 9.80 Å². The molecule has 2 aliphatic rings. The van der Waals surface area contributed by atoms with Gasteiger partial charge in [-0.25, -0.2) is 0 Å². The lowest BCUT2D eigenvalue weighted by atomic mass is 9.95. The smallest absolute Gasteiger partial charge is 0.204 e. The molecule has 0 saturated carbocycles. The molecule has 0 bridgehead atoms. The van der Waals surface area contributed by atoms with Crippen LogP contribution in [0.25, 0.3) is 0 Å². The number of piperidine rings is 1. The summed E-state index contributed by atoms with van der Waals surface area (Å²) >= 11 is 0. The predicted octanol–water partition coefficient (Wildman–Crippen LogP) is 3.43. The van der Waals surface area contributed by atoms with Crippen molar-refractivity contribution in [2.45, 2.75) is 33.2 Å². The number of hydrogen-bond acceptors (Lipinski definition) is 5. The molecule has 2 aromatic carbocycles. The normalized spacial score (nSPS) is 17.5. The molecule has 0 aromatic heterocycles. The van der Waals surface area contributed by atoms with Gasteiger partial charge in [0, 0.05) is 63.7 Å². The van der Waals surface area contributed by atoms with Crippen LogP contribution in [0.3, 0.4) is 0 Å². The van der Waals surface area contributed by atoms with Crippen molar-refractivity contribution in [2.75, 3.05) is 56.4 Å². The highest BCUT2D eigenvalue weighted by Crippen LogP contribution is 2.25. The quantitative estimate of drug-likeness (QED) is 0.551. The Bertz CT molecular complexity index is 737. The third-order valence-corrected chi connectivity index (χ3v) is 6.10. The summed E-state index contributed by atoms with van der Waals surface area (Å²) in [5.74, 6) is 0.843. The van der Waals surface area contributed by atoms with E-state index in [-0.39, 0.29) is 6.41 Å². The van der Waals surface area contributed by atoms with Crippen molar-refractivity contribution >= 4 is 17.8 Å². The fourth-order valence-corrected chi connectivity index (χ4v) is 4.40. The van der Waals surface area contributed by atoms with Gasteiger partial charge in [0.2, 0.25) is 6.41 Å². The summed E-state index contributed by atoms with van der Waals surface area (Å²) in [5, 5.41) is 0. The zero-order chi connectivity index (χ0) is 23.2. The number of hydrogen-bond donors (Lipinski definition) is 2. The molecule has 4 N–H and O–H groups in total. The summed E-state index contributed by atoms with van der Waals surface area (Å²) in [6, 6.07) is 19.2. The Labute approximate surface area is 194 Å². The summed E-state index contributed by atoms with van der Waals surface area (Å²) in [4.78, 5) is 16.4. The average molecular weight is 440 g/mol. The number of rotatable bonds is 5. The van der Waals surface area contributed by atoms with Crippen molar-refractivity contribution in [3.8, 4) is 0 Å². The predicted molar refractivity (Wildman–Crippen MR) is 136 cm³/mol. The summed E-state index contributed by atoms with van der Waals surface area (Å²) in [5.41, 5.74) is 13.6. The van der Waals surface area contributed by atoms with Crippen LogP contribution in [0.1, 0.15) is 32.3 Å². The van der Waals surface area contributed by atoms with Gasteiger partial charge in [-0.1, -0.05) is 44.2 Å². The summed E-state index contributed by atoms with van der Waals surface area (Å²) in [6.07, 6.45) is 2.85. The van der Waals surface area contributed by atoms with E-state index in [0.29, 0.717) is 0 Å². The molecular weight excluding hydrogens is 398 g/mol. The molecule has 1 amide bonds. The maximum absolute atomic E-state index is 8.58. The molecule has 176 valence electrons. The molecule has 2 fully saturated rings. The molecule has 32 heavy (non-hydrogen) atoms. The van der Waals surface area contributed by atoms with Gasteiger partial charge in [-0.3, -0.25) is 9.69 Å². The van der Waals surface area contributed by atoms with Gasteiger partial charge < -0.3 is 21.3 Å². The van der Waals surface area contributed by atoms with Crippen LogP contribution in [-0.4, -0.2) is 62.0 Å². The molecule has 2 saturated heterocycles. The van der Waals surface area contributed by atoms with E-state index in [0.717, 1.165) is 18.2 Å². The highest BCUT2D eigenvalue weighted by Gasteiger charge is 2.24. The molecule has 0 radical (unpaired) electrons. The molecule has 0 spiro atoms. The number of carbonyl (C=O) groups excluding carboxylic acids is 1. The molecule has 0 aliphatic carbocycles. The van der Waals surface area contributed by atoms with E-state index >= 15 is 0 Å². The highest BCUT2D eigenvalue weighted by atomic mass is 16.1. The van der Waals surface area contributed by atoms with Gasteiger partial charge in [0.25, 0.3) is 0 Å². The third kappa shape index (κ3) is 8.52. The van der Waals surface area contributed by atoms with E-state index < -0.39 is 0 Å². The van der Waals surface area contributed by atoms with Gasteiger partial charge in [0.05, 0.1) is 0 Å². The molecule has 6 nitrogen and oxygen atoms in total. The number of piperazine rings is 1. The topological polar surface area (TPSA) is 78.8 Å². The van der Waals surface area contributed by atoms with Crippen LogP contribution in [0.2, 0.25) is 0 Å². The van der Waals surface area contributed by atoms with Crippen molar-refractivity contribution in [1.29, 1.82) is 0 Å². The first-order valence-corrected chi connectivity index (χ1v) is 11.9. The van der Waals surface area contributed by atoms with E-state index in [1.54, 1.807) is 0 Å². The third-order valence-electron chi connectivity index (χ3n) is 6.10. The van der Waals surface area contributed by atoms with Gasteiger partial charge in [0.1, 0.15) is 0 Å². The largest absolute Gasteiger partial charge is 0.399 e. The standard InChI is InChI=1S/C23H32N4.C2H6.CH3NO/c24-22-6-8-23(9-7-22)27-12-10-21(11-13-27)19-26-16-14-25(15-17-26)18-20-4-2-1-3-5-20;1-2;2-1-3/h1-9,21H,10-19,24H2;1-2H3;1H,(H2,2,3). The monoisotopic (exact) mass is 439 g/mol. The lowest BCUT2D eigenvalue weighted by Gasteiger charge is -2.39.